The molecule has 20 heavy (non-hydrogen) atoms. The second-order valence-electron chi connectivity index (χ2n) is 6.10. The molecular weight excluding hydrogens is 248 g/mol. The van der Waals surface area contributed by atoms with Gasteiger partial charge in [-0.25, -0.2) is 0 Å². The van der Waals surface area contributed by atoms with Gasteiger partial charge >= 0.3 is 0 Å². The fourth-order valence-electron chi connectivity index (χ4n) is 3.85. The molecule has 0 amide bonds. The summed E-state index contributed by atoms with van der Waals surface area (Å²) >= 11 is 0. The van der Waals surface area contributed by atoms with Crippen LogP contribution in [0.25, 0.3) is 0 Å². The van der Waals surface area contributed by atoms with Crippen molar-refractivity contribution in [3.05, 3.63) is 29.8 Å². The summed E-state index contributed by atoms with van der Waals surface area (Å²) < 4.78 is 5.26. The van der Waals surface area contributed by atoms with E-state index in [1.54, 1.807) is 7.11 Å². The van der Waals surface area contributed by atoms with Gasteiger partial charge in [-0.15, -0.1) is 0 Å². The first-order valence-electron chi connectivity index (χ1n) is 7.92. The van der Waals surface area contributed by atoms with E-state index in [-0.39, 0.29) is 0 Å². The Bertz CT molecular complexity index is 429. The molecule has 1 aromatic carbocycles. The van der Waals surface area contributed by atoms with Crippen molar-refractivity contribution in [3.8, 4) is 5.75 Å². The highest BCUT2D eigenvalue weighted by Crippen LogP contribution is 2.32. The van der Waals surface area contributed by atoms with Crippen LogP contribution in [-0.2, 0) is 0 Å². The van der Waals surface area contributed by atoms with E-state index in [2.05, 4.69) is 41.4 Å². The minimum Gasteiger partial charge on any atom is -0.497 e. The van der Waals surface area contributed by atoms with Crippen LogP contribution in [0, 0.1) is 0 Å². The summed E-state index contributed by atoms with van der Waals surface area (Å²) in [6.07, 6.45) is 5.46. The number of fused-ring (bicyclic) bond motifs is 1. The molecule has 3 atom stereocenters. The number of benzene rings is 1. The summed E-state index contributed by atoms with van der Waals surface area (Å²) in [7, 11) is 1.72. The first kappa shape index (κ1) is 13.9. The van der Waals surface area contributed by atoms with E-state index < -0.39 is 0 Å². The highest BCUT2D eigenvalue weighted by molar-refractivity contribution is 5.29. The molecule has 1 N–H and O–H groups in total. The third-order valence-corrected chi connectivity index (χ3v) is 5.03. The fourth-order valence-corrected chi connectivity index (χ4v) is 3.85. The summed E-state index contributed by atoms with van der Waals surface area (Å²) in [6, 6.07) is 10.5. The normalized spacial score (nSPS) is 28.7. The molecular formula is C17H26N2O. The zero-order chi connectivity index (χ0) is 13.9. The van der Waals surface area contributed by atoms with Gasteiger partial charge in [0.2, 0.25) is 0 Å². The average Bonchev–Trinajstić information content (AvgIpc) is 2.54. The molecule has 1 saturated heterocycles. The Hall–Kier alpha value is -1.06. The quantitative estimate of drug-likeness (QED) is 0.917. The van der Waals surface area contributed by atoms with Gasteiger partial charge in [-0.2, -0.15) is 0 Å². The van der Waals surface area contributed by atoms with E-state index >= 15 is 0 Å². The molecule has 3 nitrogen and oxygen atoms in total. The fraction of sp³-hybridized carbons (Fsp3) is 0.647. The molecule has 1 saturated carbocycles. The third-order valence-electron chi connectivity index (χ3n) is 5.03. The molecule has 3 rings (SSSR count). The Balaban J connectivity index is 1.75. The van der Waals surface area contributed by atoms with E-state index in [0.29, 0.717) is 12.1 Å². The summed E-state index contributed by atoms with van der Waals surface area (Å²) in [5, 5.41) is 3.71. The summed E-state index contributed by atoms with van der Waals surface area (Å²) in [4.78, 5) is 2.71. The molecule has 0 aromatic heterocycles. The van der Waals surface area contributed by atoms with Crippen molar-refractivity contribution in [2.75, 3.05) is 20.2 Å². The monoisotopic (exact) mass is 274 g/mol. The predicted molar refractivity (Wildman–Crippen MR) is 82.2 cm³/mol. The van der Waals surface area contributed by atoms with Crippen molar-refractivity contribution in [2.45, 2.75) is 50.7 Å². The van der Waals surface area contributed by atoms with E-state index in [0.717, 1.165) is 24.9 Å². The van der Waals surface area contributed by atoms with Gasteiger partial charge in [0.1, 0.15) is 5.75 Å². The summed E-state index contributed by atoms with van der Waals surface area (Å²) in [5.74, 6) is 0.941. The minimum atomic E-state index is 0.494. The molecule has 0 bridgehead atoms. The number of hydrogen-bond donors (Lipinski definition) is 1. The van der Waals surface area contributed by atoms with Gasteiger partial charge in [-0.3, -0.25) is 4.90 Å². The van der Waals surface area contributed by atoms with Gasteiger partial charge in [0.05, 0.1) is 7.11 Å². The van der Waals surface area contributed by atoms with E-state index in [1.807, 2.05) is 0 Å². The number of piperazine rings is 1. The Kier molecular flexibility index (Phi) is 4.27. The average molecular weight is 274 g/mol. The van der Waals surface area contributed by atoms with Gasteiger partial charge in [0.25, 0.3) is 0 Å². The third kappa shape index (κ3) is 2.70. The molecule has 2 aliphatic rings. The Morgan fingerprint density at radius 1 is 1.20 bits per heavy atom. The molecule has 0 radical (unpaired) electrons. The van der Waals surface area contributed by atoms with Crippen LogP contribution in [0.2, 0.25) is 0 Å². The lowest BCUT2D eigenvalue weighted by Crippen LogP contribution is -2.59. The highest BCUT2D eigenvalue weighted by Gasteiger charge is 2.35. The maximum Gasteiger partial charge on any atom is 0.118 e. The topological polar surface area (TPSA) is 24.5 Å². The van der Waals surface area contributed by atoms with Crippen molar-refractivity contribution in [2.24, 2.45) is 0 Å². The van der Waals surface area contributed by atoms with Crippen molar-refractivity contribution in [1.29, 1.82) is 0 Å². The second-order valence-corrected chi connectivity index (χ2v) is 6.10. The number of nitrogens with zero attached hydrogens (tertiary/aromatic N) is 1. The number of hydrogen-bond acceptors (Lipinski definition) is 3. The molecule has 1 aliphatic heterocycles. The second kappa shape index (κ2) is 6.15. The number of ether oxygens (including phenoxy) is 1. The SMILES string of the molecule is COc1ccc([C@H](C)N2CCN[C@H]3CCCC[C@H]32)cc1. The van der Waals surface area contributed by atoms with Crippen LogP contribution in [0.15, 0.2) is 24.3 Å². The molecule has 1 aromatic rings. The maximum absolute atomic E-state index is 5.26. The van der Waals surface area contributed by atoms with Crippen LogP contribution in [0.1, 0.15) is 44.2 Å². The van der Waals surface area contributed by atoms with Gasteiger partial charge in [0, 0.05) is 31.2 Å². The lowest BCUT2D eigenvalue weighted by molar-refractivity contribution is 0.0550. The van der Waals surface area contributed by atoms with Crippen LogP contribution in [-0.4, -0.2) is 37.2 Å². The lowest BCUT2D eigenvalue weighted by atomic mass is 9.86. The van der Waals surface area contributed by atoms with Crippen LogP contribution in [0.5, 0.6) is 5.75 Å². The first-order chi connectivity index (χ1) is 9.79. The Morgan fingerprint density at radius 3 is 2.70 bits per heavy atom. The number of nitrogens with one attached hydrogen (secondary N) is 1. The van der Waals surface area contributed by atoms with Gasteiger partial charge in [0.15, 0.2) is 0 Å². The molecule has 0 unspecified atom stereocenters. The predicted octanol–water partition coefficient (Wildman–Crippen LogP) is 2.97. The molecule has 1 aliphatic carbocycles. The summed E-state index contributed by atoms with van der Waals surface area (Å²) in [6.45, 7) is 4.63. The molecule has 1 heterocycles. The molecule has 0 spiro atoms. The number of rotatable bonds is 3. The minimum absolute atomic E-state index is 0.494. The van der Waals surface area contributed by atoms with Crippen molar-refractivity contribution < 1.29 is 4.74 Å². The van der Waals surface area contributed by atoms with Crippen molar-refractivity contribution >= 4 is 0 Å². The maximum atomic E-state index is 5.26. The van der Waals surface area contributed by atoms with E-state index in [9.17, 15) is 0 Å². The van der Waals surface area contributed by atoms with Gasteiger partial charge in [-0.1, -0.05) is 25.0 Å². The van der Waals surface area contributed by atoms with Crippen LogP contribution in [0.3, 0.4) is 0 Å². The van der Waals surface area contributed by atoms with Crippen molar-refractivity contribution in [3.63, 3.8) is 0 Å². The largest absolute Gasteiger partial charge is 0.497 e. The van der Waals surface area contributed by atoms with E-state index in [4.69, 9.17) is 4.74 Å². The van der Waals surface area contributed by atoms with E-state index in [1.165, 1.54) is 31.2 Å². The van der Waals surface area contributed by atoms with Crippen LogP contribution >= 0.6 is 0 Å². The standard InChI is InChI=1S/C17H26N2O/c1-13(14-7-9-15(20-2)10-8-14)19-12-11-18-16-5-3-4-6-17(16)19/h7-10,13,16-18H,3-6,11-12H2,1-2H3/t13-,16-,17+/m0/s1. The lowest BCUT2D eigenvalue weighted by Gasteiger charge is -2.47. The zero-order valence-electron chi connectivity index (χ0n) is 12.6. The van der Waals surface area contributed by atoms with Crippen LogP contribution in [0.4, 0.5) is 0 Å². The highest BCUT2D eigenvalue weighted by atomic mass is 16.5. The van der Waals surface area contributed by atoms with Gasteiger partial charge in [-0.05, 0) is 37.5 Å². The van der Waals surface area contributed by atoms with Crippen LogP contribution < -0.4 is 10.1 Å². The smallest absolute Gasteiger partial charge is 0.118 e. The number of methoxy groups -OCH3 is 1. The molecule has 110 valence electrons. The first-order valence-corrected chi connectivity index (χ1v) is 7.92. The van der Waals surface area contributed by atoms with Gasteiger partial charge < -0.3 is 10.1 Å². The molecule has 2 fully saturated rings. The summed E-state index contributed by atoms with van der Waals surface area (Å²) in [5.41, 5.74) is 1.40. The Labute approximate surface area is 122 Å². The van der Waals surface area contributed by atoms with Crippen molar-refractivity contribution in [1.82, 2.24) is 10.2 Å². The molecule has 3 heteroatoms. The Morgan fingerprint density at radius 2 is 1.95 bits per heavy atom. The zero-order valence-corrected chi connectivity index (χ0v) is 12.6.